The van der Waals surface area contributed by atoms with Crippen molar-refractivity contribution in [3.63, 3.8) is 0 Å². The molecule has 5 nitrogen and oxygen atoms in total. The zero-order chi connectivity index (χ0) is 17.3. The molecular weight excluding hydrogens is 324 g/mol. The summed E-state index contributed by atoms with van der Waals surface area (Å²) in [5.74, 6) is 0.493. The maximum absolute atomic E-state index is 12.6. The van der Waals surface area contributed by atoms with Crippen molar-refractivity contribution in [3.05, 3.63) is 46.7 Å². The second-order valence-electron chi connectivity index (χ2n) is 6.77. The van der Waals surface area contributed by atoms with E-state index in [0.29, 0.717) is 29.5 Å². The van der Waals surface area contributed by atoms with Gasteiger partial charge in [0.2, 0.25) is 0 Å². The molecule has 0 bridgehead atoms. The fourth-order valence-corrected chi connectivity index (χ4v) is 3.11. The van der Waals surface area contributed by atoms with Gasteiger partial charge in [-0.15, -0.1) is 0 Å². The Balaban J connectivity index is 1.82. The fraction of sp³-hybridized carbons (Fsp3) is 0.389. The Labute approximate surface area is 147 Å². The first kappa shape index (κ1) is 16.9. The van der Waals surface area contributed by atoms with Crippen molar-refractivity contribution in [2.75, 3.05) is 19.6 Å². The Kier molecular flexibility index (Phi) is 4.56. The zero-order valence-corrected chi connectivity index (χ0v) is 14.9. The summed E-state index contributed by atoms with van der Waals surface area (Å²) < 4.78 is 0. The van der Waals surface area contributed by atoms with Crippen molar-refractivity contribution in [2.45, 2.75) is 26.3 Å². The Morgan fingerprint density at radius 3 is 2.67 bits per heavy atom. The number of rotatable bonds is 2. The van der Waals surface area contributed by atoms with Gasteiger partial charge in [-0.2, -0.15) is 0 Å². The Hall–Kier alpha value is -1.98. The summed E-state index contributed by atoms with van der Waals surface area (Å²) in [4.78, 5) is 23.2. The minimum atomic E-state index is -0.0796. The minimum Gasteiger partial charge on any atom is -0.335 e. The van der Waals surface area contributed by atoms with Crippen LogP contribution in [-0.4, -0.2) is 45.9 Å². The number of nitrogens with one attached hydrogen (secondary N) is 1. The Morgan fingerprint density at radius 2 is 2.00 bits per heavy atom. The molecule has 1 saturated heterocycles. The number of nitrogens with zero attached hydrogens (tertiary/aromatic N) is 3. The molecule has 1 aromatic carbocycles. The lowest BCUT2D eigenvalue weighted by Crippen LogP contribution is -2.58. The van der Waals surface area contributed by atoms with E-state index in [-0.39, 0.29) is 11.4 Å². The molecule has 1 aromatic heterocycles. The maximum atomic E-state index is 12.6. The summed E-state index contributed by atoms with van der Waals surface area (Å²) in [5.41, 5.74) is 2.17. The van der Waals surface area contributed by atoms with Gasteiger partial charge in [0.1, 0.15) is 0 Å². The average molecular weight is 345 g/mol. The SMILES string of the molecule is Cc1cccc(-c2ncc(C(=O)N3CCNC(C)(C)C3)cn2)c1Cl. The highest BCUT2D eigenvalue weighted by Gasteiger charge is 2.29. The number of benzene rings is 1. The lowest BCUT2D eigenvalue weighted by molar-refractivity contribution is 0.0651. The number of piperazine rings is 1. The van der Waals surface area contributed by atoms with Crippen LogP contribution in [0.1, 0.15) is 29.8 Å². The third kappa shape index (κ3) is 3.42. The van der Waals surface area contributed by atoms with Crippen molar-refractivity contribution < 1.29 is 4.79 Å². The zero-order valence-electron chi connectivity index (χ0n) is 14.1. The Bertz CT molecular complexity index is 758. The van der Waals surface area contributed by atoms with Crippen LogP contribution in [0.15, 0.2) is 30.6 Å². The van der Waals surface area contributed by atoms with Gasteiger partial charge in [-0.05, 0) is 32.4 Å². The van der Waals surface area contributed by atoms with E-state index in [1.807, 2.05) is 30.0 Å². The number of hydrogen-bond acceptors (Lipinski definition) is 4. The summed E-state index contributed by atoms with van der Waals surface area (Å²) in [6, 6.07) is 5.74. The van der Waals surface area contributed by atoms with Gasteiger partial charge in [0.15, 0.2) is 5.82 Å². The lowest BCUT2D eigenvalue weighted by atomic mass is 10.0. The summed E-state index contributed by atoms with van der Waals surface area (Å²) in [5, 5.41) is 4.04. The second kappa shape index (κ2) is 6.49. The van der Waals surface area contributed by atoms with Gasteiger partial charge in [0, 0.05) is 43.1 Å². The molecule has 1 aliphatic rings. The number of carbonyl (C=O) groups excluding carboxylic acids is 1. The van der Waals surface area contributed by atoms with Gasteiger partial charge in [-0.25, -0.2) is 9.97 Å². The monoisotopic (exact) mass is 344 g/mol. The minimum absolute atomic E-state index is 0.0357. The van der Waals surface area contributed by atoms with Crippen LogP contribution in [0.2, 0.25) is 5.02 Å². The molecule has 0 saturated carbocycles. The van der Waals surface area contributed by atoms with Gasteiger partial charge in [0.25, 0.3) is 5.91 Å². The van der Waals surface area contributed by atoms with Crippen LogP contribution in [0.5, 0.6) is 0 Å². The van der Waals surface area contributed by atoms with Crippen LogP contribution < -0.4 is 5.32 Å². The number of amides is 1. The summed E-state index contributed by atoms with van der Waals surface area (Å²) in [6.07, 6.45) is 3.16. The van der Waals surface area contributed by atoms with Crippen LogP contribution in [0.4, 0.5) is 0 Å². The first-order chi connectivity index (χ1) is 11.4. The summed E-state index contributed by atoms with van der Waals surface area (Å²) in [7, 11) is 0. The van der Waals surface area contributed by atoms with Gasteiger partial charge in [0.05, 0.1) is 10.6 Å². The lowest BCUT2D eigenvalue weighted by Gasteiger charge is -2.39. The first-order valence-electron chi connectivity index (χ1n) is 7.99. The molecule has 1 fully saturated rings. The molecule has 1 aliphatic heterocycles. The summed E-state index contributed by atoms with van der Waals surface area (Å²) >= 11 is 6.32. The van der Waals surface area contributed by atoms with E-state index in [1.165, 1.54) is 0 Å². The highest BCUT2D eigenvalue weighted by atomic mass is 35.5. The van der Waals surface area contributed by atoms with Crippen molar-refractivity contribution in [3.8, 4) is 11.4 Å². The molecule has 126 valence electrons. The molecule has 0 spiro atoms. The average Bonchev–Trinajstić information content (AvgIpc) is 2.56. The normalized spacial score (nSPS) is 16.9. The van der Waals surface area contributed by atoms with Crippen molar-refractivity contribution in [1.29, 1.82) is 0 Å². The predicted molar refractivity (Wildman–Crippen MR) is 95.2 cm³/mol. The van der Waals surface area contributed by atoms with Gasteiger partial charge in [-0.1, -0.05) is 23.7 Å². The first-order valence-corrected chi connectivity index (χ1v) is 8.37. The van der Waals surface area contributed by atoms with Gasteiger partial charge < -0.3 is 10.2 Å². The van der Waals surface area contributed by atoms with Crippen LogP contribution in [0.3, 0.4) is 0 Å². The molecule has 24 heavy (non-hydrogen) atoms. The molecule has 1 amide bonds. The highest BCUT2D eigenvalue weighted by molar-refractivity contribution is 6.33. The van der Waals surface area contributed by atoms with Crippen molar-refractivity contribution in [2.24, 2.45) is 0 Å². The van der Waals surface area contributed by atoms with Gasteiger partial charge >= 0.3 is 0 Å². The number of carbonyl (C=O) groups is 1. The molecule has 1 N–H and O–H groups in total. The molecule has 3 rings (SSSR count). The van der Waals surface area contributed by atoms with Crippen molar-refractivity contribution in [1.82, 2.24) is 20.2 Å². The van der Waals surface area contributed by atoms with Gasteiger partial charge in [-0.3, -0.25) is 4.79 Å². The largest absolute Gasteiger partial charge is 0.335 e. The highest BCUT2D eigenvalue weighted by Crippen LogP contribution is 2.27. The van der Waals surface area contributed by atoms with E-state index in [4.69, 9.17) is 11.6 Å². The van der Waals surface area contributed by atoms with E-state index in [9.17, 15) is 4.79 Å². The molecule has 2 heterocycles. The van der Waals surface area contributed by atoms with E-state index in [2.05, 4.69) is 29.1 Å². The number of halogens is 1. The van der Waals surface area contributed by atoms with Crippen molar-refractivity contribution >= 4 is 17.5 Å². The van der Waals surface area contributed by atoms with E-state index in [1.54, 1.807) is 12.4 Å². The van der Waals surface area contributed by atoms with E-state index < -0.39 is 0 Å². The molecule has 0 aliphatic carbocycles. The molecule has 0 unspecified atom stereocenters. The topological polar surface area (TPSA) is 58.1 Å². The number of hydrogen-bond donors (Lipinski definition) is 1. The number of aromatic nitrogens is 2. The van der Waals surface area contributed by atoms with Crippen LogP contribution >= 0.6 is 11.6 Å². The molecule has 6 heteroatoms. The van der Waals surface area contributed by atoms with E-state index >= 15 is 0 Å². The quantitative estimate of drug-likeness (QED) is 0.910. The maximum Gasteiger partial charge on any atom is 0.257 e. The molecule has 0 radical (unpaired) electrons. The third-order valence-corrected chi connectivity index (χ3v) is 4.69. The second-order valence-corrected chi connectivity index (χ2v) is 7.15. The molecule has 0 atom stereocenters. The van der Waals surface area contributed by atoms with Crippen LogP contribution in [0.25, 0.3) is 11.4 Å². The van der Waals surface area contributed by atoms with Crippen LogP contribution in [0, 0.1) is 6.92 Å². The fourth-order valence-electron chi connectivity index (χ4n) is 2.89. The predicted octanol–water partition coefficient (Wildman–Crippen LogP) is 2.93. The smallest absolute Gasteiger partial charge is 0.257 e. The third-order valence-electron chi connectivity index (χ3n) is 4.19. The number of aryl methyl sites for hydroxylation is 1. The Morgan fingerprint density at radius 1 is 1.29 bits per heavy atom. The standard InChI is InChI=1S/C18H21ClN4O/c1-12-5-4-6-14(15(12)19)16-20-9-13(10-21-16)17(24)23-8-7-22-18(2,3)11-23/h4-6,9-10,22H,7-8,11H2,1-3H3. The molecular formula is C18H21ClN4O. The summed E-state index contributed by atoms with van der Waals surface area (Å²) in [6.45, 7) is 8.26. The molecule has 2 aromatic rings. The van der Waals surface area contributed by atoms with Crippen LogP contribution in [-0.2, 0) is 0 Å². The van der Waals surface area contributed by atoms with E-state index in [0.717, 1.165) is 17.7 Å².